The number of hydrogen-bond donors (Lipinski definition) is 1. The van der Waals surface area contributed by atoms with Crippen LogP contribution < -0.4 is 5.32 Å². The Balaban J connectivity index is 2.47. The Hall–Kier alpha value is -0.340. The van der Waals surface area contributed by atoms with E-state index in [0.29, 0.717) is 6.04 Å². The molecule has 1 atom stereocenters. The third-order valence-corrected chi connectivity index (χ3v) is 4.71. The zero-order valence-electron chi connectivity index (χ0n) is 12.5. The van der Waals surface area contributed by atoms with E-state index in [2.05, 4.69) is 39.1 Å². The second-order valence-electron chi connectivity index (χ2n) is 5.22. The maximum atomic E-state index is 3.65. The SMILES string of the molecule is CCCCCCCC(NCC)c1sc(C)cc1C. The first-order valence-corrected chi connectivity index (χ1v) is 8.31. The Morgan fingerprint density at radius 3 is 2.39 bits per heavy atom. The Morgan fingerprint density at radius 1 is 1.11 bits per heavy atom. The maximum absolute atomic E-state index is 3.65. The first kappa shape index (κ1) is 15.7. The second-order valence-corrected chi connectivity index (χ2v) is 6.51. The second kappa shape index (κ2) is 8.71. The van der Waals surface area contributed by atoms with E-state index in [1.54, 1.807) is 4.88 Å². The van der Waals surface area contributed by atoms with E-state index in [9.17, 15) is 0 Å². The highest BCUT2D eigenvalue weighted by atomic mass is 32.1. The van der Waals surface area contributed by atoms with Crippen molar-refractivity contribution in [3.05, 3.63) is 21.4 Å². The summed E-state index contributed by atoms with van der Waals surface area (Å²) in [6, 6.07) is 2.90. The van der Waals surface area contributed by atoms with E-state index < -0.39 is 0 Å². The van der Waals surface area contributed by atoms with Crippen LogP contribution in [0.25, 0.3) is 0 Å². The highest BCUT2D eigenvalue weighted by Crippen LogP contribution is 2.30. The van der Waals surface area contributed by atoms with Gasteiger partial charge in [0.15, 0.2) is 0 Å². The van der Waals surface area contributed by atoms with Gasteiger partial charge < -0.3 is 5.32 Å². The number of hydrogen-bond acceptors (Lipinski definition) is 2. The van der Waals surface area contributed by atoms with Gasteiger partial charge in [-0.1, -0.05) is 46.0 Å². The standard InChI is InChI=1S/C16H29NS/c1-5-7-8-9-10-11-15(17-6-2)16-13(3)12-14(4)18-16/h12,15,17H,5-11H2,1-4H3. The molecule has 1 nitrogen and oxygen atoms in total. The van der Waals surface area contributed by atoms with Gasteiger partial charge in [0, 0.05) is 15.8 Å². The summed E-state index contributed by atoms with van der Waals surface area (Å²) in [6.45, 7) is 10.0. The highest BCUT2D eigenvalue weighted by Gasteiger charge is 2.14. The molecule has 1 unspecified atom stereocenters. The molecular weight excluding hydrogens is 238 g/mol. The van der Waals surface area contributed by atoms with E-state index in [0.717, 1.165) is 6.54 Å². The molecule has 104 valence electrons. The van der Waals surface area contributed by atoms with Crippen LogP contribution in [0.3, 0.4) is 0 Å². The summed E-state index contributed by atoms with van der Waals surface area (Å²) in [5, 5.41) is 3.65. The average molecular weight is 267 g/mol. The van der Waals surface area contributed by atoms with Gasteiger partial charge in [-0.25, -0.2) is 0 Å². The quantitative estimate of drug-likeness (QED) is 0.593. The zero-order chi connectivity index (χ0) is 13.4. The van der Waals surface area contributed by atoms with Crippen molar-refractivity contribution in [2.45, 2.75) is 72.3 Å². The predicted octanol–water partition coefficient (Wildman–Crippen LogP) is 5.38. The number of aryl methyl sites for hydroxylation is 2. The summed E-state index contributed by atoms with van der Waals surface area (Å²) in [4.78, 5) is 3.00. The van der Waals surface area contributed by atoms with Crippen molar-refractivity contribution in [2.75, 3.05) is 6.54 Å². The molecule has 1 aromatic rings. The molecule has 18 heavy (non-hydrogen) atoms. The topological polar surface area (TPSA) is 12.0 Å². The van der Waals surface area contributed by atoms with Crippen molar-refractivity contribution in [1.29, 1.82) is 0 Å². The minimum atomic E-state index is 0.579. The zero-order valence-corrected chi connectivity index (χ0v) is 13.3. The molecule has 0 amide bonds. The van der Waals surface area contributed by atoms with Crippen molar-refractivity contribution >= 4 is 11.3 Å². The van der Waals surface area contributed by atoms with E-state index in [1.165, 1.54) is 49.0 Å². The van der Waals surface area contributed by atoms with Gasteiger partial charge in [-0.05, 0) is 38.4 Å². The average Bonchev–Trinajstić information content (AvgIpc) is 2.67. The van der Waals surface area contributed by atoms with Gasteiger partial charge in [-0.3, -0.25) is 0 Å². The number of nitrogens with one attached hydrogen (secondary N) is 1. The molecule has 2 heteroatoms. The molecule has 0 aliphatic rings. The van der Waals surface area contributed by atoms with Crippen LogP contribution in [0, 0.1) is 13.8 Å². The third kappa shape index (κ3) is 5.11. The van der Waals surface area contributed by atoms with Crippen LogP contribution in [0.15, 0.2) is 6.07 Å². The molecule has 0 radical (unpaired) electrons. The van der Waals surface area contributed by atoms with Crippen molar-refractivity contribution in [3.63, 3.8) is 0 Å². The fourth-order valence-electron chi connectivity index (χ4n) is 2.53. The number of unbranched alkanes of at least 4 members (excludes halogenated alkanes) is 4. The Labute approximate surface area is 117 Å². The summed E-state index contributed by atoms with van der Waals surface area (Å²) in [7, 11) is 0. The highest BCUT2D eigenvalue weighted by molar-refractivity contribution is 7.12. The Bertz CT molecular complexity index is 330. The summed E-state index contributed by atoms with van der Waals surface area (Å²) in [5.74, 6) is 0. The van der Waals surface area contributed by atoms with Crippen LogP contribution in [0.1, 0.15) is 73.7 Å². The van der Waals surface area contributed by atoms with E-state index in [4.69, 9.17) is 0 Å². The third-order valence-electron chi connectivity index (χ3n) is 3.44. The molecule has 1 aromatic heterocycles. The minimum absolute atomic E-state index is 0.579. The lowest BCUT2D eigenvalue weighted by Gasteiger charge is -2.17. The molecule has 0 aliphatic carbocycles. The van der Waals surface area contributed by atoms with Gasteiger partial charge in [0.1, 0.15) is 0 Å². The lowest BCUT2D eigenvalue weighted by molar-refractivity contribution is 0.483. The van der Waals surface area contributed by atoms with Crippen molar-refractivity contribution in [1.82, 2.24) is 5.32 Å². The Morgan fingerprint density at radius 2 is 1.83 bits per heavy atom. The lowest BCUT2D eigenvalue weighted by atomic mass is 10.0. The molecule has 0 saturated heterocycles. The summed E-state index contributed by atoms with van der Waals surface area (Å²) < 4.78 is 0. The molecule has 0 spiro atoms. The fourth-order valence-corrected chi connectivity index (χ4v) is 3.68. The normalized spacial score (nSPS) is 12.9. The molecule has 0 saturated carbocycles. The fraction of sp³-hybridized carbons (Fsp3) is 0.750. The van der Waals surface area contributed by atoms with E-state index in [1.807, 2.05) is 11.3 Å². The predicted molar refractivity (Wildman–Crippen MR) is 83.6 cm³/mol. The molecule has 1 N–H and O–H groups in total. The molecular formula is C16H29NS. The maximum Gasteiger partial charge on any atom is 0.0417 e. The largest absolute Gasteiger partial charge is 0.310 e. The monoisotopic (exact) mass is 267 g/mol. The van der Waals surface area contributed by atoms with Gasteiger partial charge in [0.25, 0.3) is 0 Å². The number of rotatable bonds is 9. The van der Waals surface area contributed by atoms with Crippen molar-refractivity contribution < 1.29 is 0 Å². The first-order valence-electron chi connectivity index (χ1n) is 7.49. The molecule has 0 aliphatic heterocycles. The van der Waals surface area contributed by atoms with Crippen molar-refractivity contribution in [3.8, 4) is 0 Å². The molecule has 1 heterocycles. The Kier molecular flexibility index (Phi) is 7.60. The van der Waals surface area contributed by atoms with Crippen molar-refractivity contribution in [2.24, 2.45) is 0 Å². The van der Waals surface area contributed by atoms with Crippen LogP contribution >= 0.6 is 11.3 Å². The van der Waals surface area contributed by atoms with E-state index >= 15 is 0 Å². The summed E-state index contributed by atoms with van der Waals surface area (Å²) in [5.41, 5.74) is 1.47. The lowest BCUT2D eigenvalue weighted by Crippen LogP contribution is -2.20. The van der Waals surface area contributed by atoms with Crippen LogP contribution in [-0.2, 0) is 0 Å². The van der Waals surface area contributed by atoms with E-state index in [-0.39, 0.29) is 0 Å². The van der Waals surface area contributed by atoms with Crippen LogP contribution in [0.4, 0.5) is 0 Å². The smallest absolute Gasteiger partial charge is 0.0417 e. The number of thiophene rings is 1. The van der Waals surface area contributed by atoms with Gasteiger partial charge in [-0.15, -0.1) is 11.3 Å². The minimum Gasteiger partial charge on any atom is -0.310 e. The molecule has 0 bridgehead atoms. The summed E-state index contributed by atoms with van der Waals surface area (Å²) >= 11 is 1.97. The van der Waals surface area contributed by atoms with Gasteiger partial charge in [0.05, 0.1) is 0 Å². The van der Waals surface area contributed by atoms with Crippen LogP contribution in [0.2, 0.25) is 0 Å². The van der Waals surface area contributed by atoms with Gasteiger partial charge in [0.2, 0.25) is 0 Å². The van der Waals surface area contributed by atoms with Gasteiger partial charge in [-0.2, -0.15) is 0 Å². The summed E-state index contributed by atoms with van der Waals surface area (Å²) in [6.07, 6.45) is 8.16. The van der Waals surface area contributed by atoms with Crippen LogP contribution in [0.5, 0.6) is 0 Å². The van der Waals surface area contributed by atoms with Gasteiger partial charge >= 0.3 is 0 Å². The first-order chi connectivity index (χ1) is 8.69. The molecule has 0 aromatic carbocycles. The molecule has 1 rings (SSSR count). The molecule has 0 fully saturated rings. The van der Waals surface area contributed by atoms with Crippen LogP contribution in [-0.4, -0.2) is 6.54 Å².